The molecule has 0 saturated carbocycles. The third-order valence-electron chi connectivity index (χ3n) is 4.89. The molecule has 0 aliphatic carbocycles. The number of aryl methyl sites for hydroxylation is 1. The zero-order valence-corrected chi connectivity index (χ0v) is 13.9. The highest BCUT2D eigenvalue weighted by Crippen LogP contribution is 2.45. The van der Waals surface area contributed by atoms with Crippen LogP contribution in [0, 0.1) is 11.3 Å². The molecule has 0 N–H and O–H groups in total. The van der Waals surface area contributed by atoms with Gasteiger partial charge in [-0.05, 0) is 41.7 Å². The van der Waals surface area contributed by atoms with Gasteiger partial charge in [-0.25, -0.2) is 4.98 Å². The fraction of sp³-hybridized carbons (Fsp3) is 0.238. The standard InChI is InChI=1S/C21H19N3O/c22-14-17-7-8-20-18(13-17)15-25-21(20,19-5-2-1-3-6-19)9-4-11-24-12-10-23-16-24/h1-3,5-8,10,12-13,16H,4,9,11,15H2. The third-order valence-corrected chi connectivity index (χ3v) is 4.89. The Labute approximate surface area is 147 Å². The summed E-state index contributed by atoms with van der Waals surface area (Å²) < 4.78 is 8.47. The van der Waals surface area contributed by atoms with Gasteiger partial charge >= 0.3 is 0 Å². The summed E-state index contributed by atoms with van der Waals surface area (Å²) in [5, 5.41) is 9.16. The average molecular weight is 329 g/mol. The summed E-state index contributed by atoms with van der Waals surface area (Å²) in [6, 6.07) is 18.5. The molecular weight excluding hydrogens is 310 g/mol. The molecular formula is C21H19N3O. The minimum absolute atomic E-state index is 0.439. The van der Waals surface area contributed by atoms with Crippen molar-refractivity contribution in [2.24, 2.45) is 0 Å². The summed E-state index contributed by atoms with van der Waals surface area (Å²) in [5.74, 6) is 0. The topological polar surface area (TPSA) is 50.8 Å². The number of imidazole rings is 1. The van der Waals surface area contributed by atoms with E-state index < -0.39 is 5.60 Å². The lowest BCUT2D eigenvalue weighted by molar-refractivity contribution is -0.0137. The van der Waals surface area contributed by atoms with Crippen LogP contribution in [0.4, 0.5) is 0 Å². The number of nitrogens with zero attached hydrogens (tertiary/aromatic N) is 3. The van der Waals surface area contributed by atoms with Crippen molar-refractivity contribution in [3.05, 3.63) is 89.5 Å². The van der Waals surface area contributed by atoms with Crippen molar-refractivity contribution < 1.29 is 4.74 Å². The van der Waals surface area contributed by atoms with Crippen LogP contribution in [-0.4, -0.2) is 9.55 Å². The molecule has 2 aromatic carbocycles. The van der Waals surface area contributed by atoms with E-state index in [9.17, 15) is 0 Å². The van der Waals surface area contributed by atoms with Gasteiger partial charge in [0.15, 0.2) is 0 Å². The SMILES string of the molecule is N#Cc1ccc2c(c1)COC2(CCCn1ccnc1)c1ccccc1. The molecule has 3 aromatic rings. The molecule has 1 atom stereocenters. The summed E-state index contributed by atoms with van der Waals surface area (Å²) in [7, 11) is 0. The van der Waals surface area contributed by atoms with E-state index in [1.54, 1.807) is 6.20 Å². The fourth-order valence-corrected chi connectivity index (χ4v) is 3.68. The second kappa shape index (κ2) is 6.54. The number of ether oxygens (including phenoxy) is 1. The van der Waals surface area contributed by atoms with Crippen molar-refractivity contribution in [3.8, 4) is 6.07 Å². The fourth-order valence-electron chi connectivity index (χ4n) is 3.68. The Morgan fingerprint density at radius 2 is 2.08 bits per heavy atom. The van der Waals surface area contributed by atoms with Crippen LogP contribution in [0.5, 0.6) is 0 Å². The Morgan fingerprint density at radius 3 is 2.84 bits per heavy atom. The largest absolute Gasteiger partial charge is 0.361 e. The van der Waals surface area contributed by atoms with Crippen LogP contribution in [0.15, 0.2) is 67.3 Å². The van der Waals surface area contributed by atoms with Gasteiger partial charge in [-0.2, -0.15) is 5.26 Å². The molecule has 2 heterocycles. The normalized spacial score (nSPS) is 18.7. The molecule has 4 rings (SSSR count). The van der Waals surface area contributed by atoms with Gasteiger partial charge in [0.25, 0.3) is 0 Å². The van der Waals surface area contributed by atoms with Gasteiger partial charge in [-0.15, -0.1) is 0 Å². The molecule has 1 aliphatic rings. The first kappa shape index (κ1) is 15.6. The third kappa shape index (κ3) is 2.84. The number of fused-ring (bicyclic) bond motifs is 1. The van der Waals surface area contributed by atoms with Crippen LogP contribution in [0.25, 0.3) is 0 Å². The first-order chi connectivity index (χ1) is 12.3. The van der Waals surface area contributed by atoms with Crippen LogP contribution in [0.1, 0.15) is 35.1 Å². The number of rotatable bonds is 5. The molecule has 25 heavy (non-hydrogen) atoms. The maximum Gasteiger partial charge on any atom is 0.119 e. The molecule has 0 saturated heterocycles. The van der Waals surface area contributed by atoms with Gasteiger partial charge in [-0.1, -0.05) is 36.4 Å². The van der Waals surface area contributed by atoms with Gasteiger partial charge in [0.05, 0.1) is 24.6 Å². The Balaban J connectivity index is 1.68. The monoisotopic (exact) mass is 329 g/mol. The lowest BCUT2D eigenvalue weighted by Gasteiger charge is -2.30. The van der Waals surface area contributed by atoms with Crippen molar-refractivity contribution in [1.29, 1.82) is 5.26 Å². The zero-order chi connectivity index (χ0) is 17.1. The first-order valence-corrected chi connectivity index (χ1v) is 8.50. The molecule has 0 radical (unpaired) electrons. The van der Waals surface area contributed by atoms with Crippen molar-refractivity contribution in [1.82, 2.24) is 9.55 Å². The number of nitriles is 1. The summed E-state index contributed by atoms with van der Waals surface area (Å²) in [6.45, 7) is 1.45. The maximum atomic E-state index is 9.16. The van der Waals surface area contributed by atoms with Crippen molar-refractivity contribution >= 4 is 0 Å². The van der Waals surface area contributed by atoms with Crippen molar-refractivity contribution in [2.45, 2.75) is 31.6 Å². The number of aromatic nitrogens is 2. The molecule has 4 nitrogen and oxygen atoms in total. The van der Waals surface area contributed by atoms with Gasteiger partial charge in [0.2, 0.25) is 0 Å². The second-order valence-electron chi connectivity index (χ2n) is 6.37. The Kier molecular flexibility index (Phi) is 4.09. The molecule has 0 spiro atoms. The number of benzene rings is 2. The van der Waals surface area contributed by atoms with Gasteiger partial charge < -0.3 is 9.30 Å². The predicted molar refractivity (Wildman–Crippen MR) is 94.6 cm³/mol. The van der Waals surface area contributed by atoms with E-state index in [0.717, 1.165) is 24.9 Å². The van der Waals surface area contributed by atoms with E-state index in [-0.39, 0.29) is 0 Å². The Hall–Kier alpha value is -2.90. The smallest absolute Gasteiger partial charge is 0.119 e. The lowest BCUT2D eigenvalue weighted by atomic mass is 9.81. The van der Waals surface area contributed by atoms with E-state index in [1.807, 2.05) is 30.7 Å². The Bertz CT molecular complexity index is 897. The van der Waals surface area contributed by atoms with E-state index in [2.05, 4.69) is 46.0 Å². The average Bonchev–Trinajstić information content (AvgIpc) is 3.31. The number of hydrogen-bond acceptors (Lipinski definition) is 3. The first-order valence-electron chi connectivity index (χ1n) is 8.50. The molecule has 0 amide bonds. The number of hydrogen-bond donors (Lipinski definition) is 0. The highest BCUT2D eigenvalue weighted by atomic mass is 16.5. The highest BCUT2D eigenvalue weighted by Gasteiger charge is 2.41. The van der Waals surface area contributed by atoms with Crippen LogP contribution >= 0.6 is 0 Å². The van der Waals surface area contributed by atoms with E-state index in [1.165, 1.54) is 11.1 Å². The summed E-state index contributed by atoms with van der Waals surface area (Å²) >= 11 is 0. The van der Waals surface area contributed by atoms with Crippen LogP contribution < -0.4 is 0 Å². The van der Waals surface area contributed by atoms with Crippen LogP contribution in [0.3, 0.4) is 0 Å². The van der Waals surface area contributed by atoms with Crippen molar-refractivity contribution in [2.75, 3.05) is 0 Å². The minimum Gasteiger partial charge on any atom is -0.361 e. The van der Waals surface area contributed by atoms with Crippen LogP contribution in [0.2, 0.25) is 0 Å². The van der Waals surface area contributed by atoms with E-state index >= 15 is 0 Å². The van der Waals surface area contributed by atoms with Crippen molar-refractivity contribution in [3.63, 3.8) is 0 Å². The lowest BCUT2D eigenvalue weighted by Crippen LogP contribution is -2.27. The summed E-state index contributed by atoms with van der Waals surface area (Å²) in [6.07, 6.45) is 7.49. The predicted octanol–water partition coefficient (Wildman–Crippen LogP) is 4.01. The zero-order valence-electron chi connectivity index (χ0n) is 13.9. The van der Waals surface area contributed by atoms with E-state index in [4.69, 9.17) is 10.00 Å². The highest BCUT2D eigenvalue weighted by molar-refractivity contribution is 5.47. The molecule has 0 fully saturated rings. The molecule has 0 bridgehead atoms. The second-order valence-corrected chi connectivity index (χ2v) is 6.37. The molecule has 124 valence electrons. The molecule has 1 aliphatic heterocycles. The molecule has 1 aromatic heterocycles. The molecule has 4 heteroatoms. The Morgan fingerprint density at radius 1 is 1.20 bits per heavy atom. The quantitative estimate of drug-likeness (QED) is 0.710. The van der Waals surface area contributed by atoms with E-state index in [0.29, 0.717) is 12.2 Å². The minimum atomic E-state index is -0.439. The molecule has 1 unspecified atom stereocenters. The maximum absolute atomic E-state index is 9.16. The summed E-state index contributed by atoms with van der Waals surface area (Å²) in [5.41, 5.74) is 3.72. The summed E-state index contributed by atoms with van der Waals surface area (Å²) in [4.78, 5) is 4.10. The van der Waals surface area contributed by atoms with Gasteiger partial charge in [-0.3, -0.25) is 0 Å². The van der Waals surface area contributed by atoms with Gasteiger partial charge in [0.1, 0.15) is 5.60 Å². The van der Waals surface area contributed by atoms with Crippen LogP contribution in [-0.2, 0) is 23.5 Å². The van der Waals surface area contributed by atoms with Gasteiger partial charge in [0, 0.05) is 18.9 Å².